The Balaban J connectivity index is 2.14. The highest BCUT2D eigenvalue weighted by molar-refractivity contribution is 7.91. The maximum absolute atomic E-state index is 12.3. The highest BCUT2D eigenvalue weighted by Gasteiger charge is 2.18. The van der Waals surface area contributed by atoms with E-state index in [4.69, 9.17) is 0 Å². The Morgan fingerprint density at radius 1 is 1.15 bits per heavy atom. The topological polar surface area (TPSA) is 58.2 Å². The molecule has 2 N–H and O–H groups in total. The normalized spacial score (nSPS) is 11.9. The van der Waals surface area contributed by atoms with Crippen LogP contribution < -0.4 is 10.0 Å². The van der Waals surface area contributed by atoms with Gasteiger partial charge in [0.25, 0.3) is 0 Å². The highest BCUT2D eigenvalue weighted by Crippen LogP contribution is 2.26. The fraction of sp³-hybridized carbons (Fsp3) is 0.385. The van der Waals surface area contributed by atoms with Gasteiger partial charge in [0, 0.05) is 18.0 Å². The van der Waals surface area contributed by atoms with Gasteiger partial charge in [0.05, 0.1) is 0 Å². The summed E-state index contributed by atoms with van der Waals surface area (Å²) >= 11 is 2.91. The molecule has 20 heavy (non-hydrogen) atoms. The predicted molar refractivity (Wildman–Crippen MR) is 84.9 cm³/mol. The summed E-state index contributed by atoms with van der Waals surface area (Å²) in [6.07, 6.45) is 0. The minimum absolute atomic E-state index is 0.343. The van der Waals surface area contributed by atoms with Crippen LogP contribution in [0.4, 0.5) is 0 Å². The number of rotatable bonds is 6. The van der Waals surface area contributed by atoms with Crippen molar-refractivity contribution in [3.8, 4) is 0 Å². The Morgan fingerprint density at radius 2 is 1.90 bits per heavy atom. The molecule has 2 heterocycles. The van der Waals surface area contributed by atoms with Gasteiger partial charge in [-0.1, -0.05) is 0 Å². The summed E-state index contributed by atoms with van der Waals surface area (Å²) in [7, 11) is -1.58. The maximum Gasteiger partial charge on any atom is 0.250 e. The van der Waals surface area contributed by atoms with E-state index in [0.29, 0.717) is 17.3 Å². The van der Waals surface area contributed by atoms with Gasteiger partial charge in [0.15, 0.2) is 0 Å². The first-order chi connectivity index (χ1) is 9.44. The average molecular weight is 331 g/mol. The van der Waals surface area contributed by atoms with Gasteiger partial charge in [-0.25, -0.2) is 13.1 Å². The third-order valence-electron chi connectivity index (χ3n) is 3.01. The third kappa shape index (κ3) is 3.48. The van der Waals surface area contributed by atoms with Crippen molar-refractivity contribution < 1.29 is 8.42 Å². The van der Waals surface area contributed by atoms with Gasteiger partial charge in [-0.2, -0.15) is 11.3 Å². The average Bonchev–Trinajstić information content (AvgIpc) is 2.95. The summed E-state index contributed by atoms with van der Waals surface area (Å²) in [6, 6.07) is 1.74. The number of hydrogen-bond donors (Lipinski definition) is 2. The quantitative estimate of drug-likeness (QED) is 0.856. The van der Waals surface area contributed by atoms with Gasteiger partial charge in [0.1, 0.15) is 4.21 Å². The zero-order valence-electron chi connectivity index (χ0n) is 11.7. The van der Waals surface area contributed by atoms with Gasteiger partial charge in [0.2, 0.25) is 10.0 Å². The van der Waals surface area contributed by atoms with Crippen LogP contribution in [0.5, 0.6) is 0 Å². The molecule has 0 fully saturated rings. The molecule has 0 atom stereocenters. The standard InChI is InChI=1S/C13H18N2O2S3/c1-9-4-13(19-12(9)6-14-3)20(16,17)15-5-11-8-18-7-10(11)2/h4,7-8,14-15H,5-6H2,1-3H3. The number of aryl methyl sites for hydroxylation is 2. The molecule has 0 radical (unpaired) electrons. The van der Waals surface area contributed by atoms with E-state index in [0.717, 1.165) is 21.6 Å². The molecule has 110 valence electrons. The molecule has 0 saturated heterocycles. The van der Waals surface area contributed by atoms with Crippen LogP contribution >= 0.6 is 22.7 Å². The Hall–Kier alpha value is -0.730. The van der Waals surface area contributed by atoms with Crippen molar-refractivity contribution in [1.82, 2.24) is 10.0 Å². The second-order valence-electron chi connectivity index (χ2n) is 4.61. The predicted octanol–water partition coefficient (Wildman–Crippen LogP) is 2.62. The fourth-order valence-electron chi connectivity index (χ4n) is 1.77. The minimum atomic E-state index is -3.43. The van der Waals surface area contributed by atoms with Gasteiger partial charge in [-0.05, 0) is 54.4 Å². The lowest BCUT2D eigenvalue weighted by Gasteiger charge is -2.04. The van der Waals surface area contributed by atoms with Crippen LogP contribution in [-0.2, 0) is 23.1 Å². The van der Waals surface area contributed by atoms with Crippen molar-refractivity contribution in [2.75, 3.05) is 7.05 Å². The van der Waals surface area contributed by atoms with Crippen LogP contribution in [0.25, 0.3) is 0 Å². The lowest BCUT2D eigenvalue weighted by molar-refractivity contribution is 0.583. The van der Waals surface area contributed by atoms with Crippen LogP contribution in [0.1, 0.15) is 21.6 Å². The Morgan fingerprint density at radius 3 is 2.50 bits per heavy atom. The lowest BCUT2D eigenvalue weighted by Crippen LogP contribution is -2.22. The zero-order chi connectivity index (χ0) is 14.8. The van der Waals surface area contributed by atoms with Crippen molar-refractivity contribution >= 4 is 32.7 Å². The molecule has 0 aromatic carbocycles. The summed E-state index contributed by atoms with van der Waals surface area (Å²) in [5, 5.41) is 7.04. The molecule has 0 saturated carbocycles. The molecule has 0 spiro atoms. The van der Waals surface area contributed by atoms with E-state index in [1.54, 1.807) is 17.4 Å². The first-order valence-corrected chi connectivity index (χ1v) is 9.43. The van der Waals surface area contributed by atoms with Crippen LogP contribution in [0.15, 0.2) is 21.0 Å². The molecule has 2 rings (SSSR count). The monoisotopic (exact) mass is 330 g/mol. The fourth-order valence-corrected chi connectivity index (χ4v) is 5.28. The van der Waals surface area contributed by atoms with Gasteiger partial charge < -0.3 is 5.32 Å². The van der Waals surface area contributed by atoms with E-state index in [-0.39, 0.29) is 0 Å². The Labute approximate surface area is 127 Å². The van der Waals surface area contributed by atoms with Crippen LogP contribution in [0.3, 0.4) is 0 Å². The van der Waals surface area contributed by atoms with E-state index >= 15 is 0 Å². The minimum Gasteiger partial charge on any atom is -0.315 e. The van der Waals surface area contributed by atoms with Crippen LogP contribution in [-0.4, -0.2) is 15.5 Å². The number of sulfonamides is 1. The van der Waals surface area contributed by atoms with E-state index in [2.05, 4.69) is 10.0 Å². The summed E-state index contributed by atoms with van der Waals surface area (Å²) in [6.45, 7) is 4.96. The Bertz CT molecular complexity index is 686. The lowest BCUT2D eigenvalue weighted by atomic mass is 10.2. The first-order valence-electron chi connectivity index (χ1n) is 6.19. The smallest absolute Gasteiger partial charge is 0.250 e. The number of thiophene rings is 2. The van der Waals surface area contributed by atoms with Crippen LogP contribution in [0, 0.1) is 13.8 Å². The summed E-state index contributed by atoms with van der Waals surface area (Å²) in [4.78, 5) is 1.06. The Kier molecular flexibility index (Phi) is 4.98. The SMILES string of the molecule is CNCc1sc(S(=O)(=O)NCc2cscc2C)cc1C. The molecular weight excluding hydrogens is 312 g/mol. The first kappa shape index (κ1) is 15.7. The van der Waals surface area contributed by atoms with Gasteiger partial charge in [-0.3, -0.25) is 0 Å². The summed E-state index contributed by atoms with van der Waals surface area (Å²) < 4.78 is 27.6. The van der Waals surface area contributed by atoms with Crippen molar-refractivity contribution in [2.24, 2.45) is 0 Å². The van der Waals surface area contributed by atoms with Crippen molar-refractivity contribution in [3.63, 3.8) is 0 Å². The number of nitrogens with one attached hydrogen (secondary N) is 2. The van der Waals surface area contributed by atoms with Gasteiger partial charge in [-0.15, -0.1) is 11.3 Å². The van der Waals surface area contributed by atoms with E-state index in [9.17, 15) is 8.42 Å². The van der Waals surface area contributed by atoms with Crippen molar-refractivity contribution in [1.29, 1.82) is 0 Å². The maximum atomic E-state index is 12.3. The molecule has 0 unspecified atom stereocenters. The second-order valence-corrected chi connectivity index (χ2v) is 8.48. The van der Waals surface area contributed by atoms with Crippen molar-refractivity contribution in [3.05, 3.63) is 38.4 Å². The van der Waals surface area contributed by atoms with Crippen molar-refractivity contribution in [2.45, 2.75) is 31.1 Å². The molecule has 2 aromatic rings. The highest BCUT2D eigenvalue weighted by atomic mass is 32.2. The van der Waals surface area contributed by atoms with E-state index < -0.39 is 10.0 Å². The molecular formula is C13H18N2O2S3. The second kappa shape index (κ2) is 6.36. The molecule has 7 heteroatoms. The zero-order valence-corrected chi connectivity index (χ0v) is 14.1. The summed E-state index contributed by atoms with van der Waals surface area (Å²) in [5.74, 6) is 0. The van der Waals surface area contributed by atoms with Gasteiger partial charge >= 0.3 is 0 Å². The molecule has 0 aliphatic rings. The third-order valence-corrected chi connectivity index (χ3v) is 7.04. The molecule has 4 nitrogen and oxygen atoms in total. The summed E-state index contributed by atoms with van der Waals surface area (Å²) in [5.41, 5.74) is 3.16. The van der Waals surface area contributed by atoms with E-state index in [1.165, 1.54) is 11.3 Å². The molecule has 0 bridgehead atoms. The molecule has 0 aliphatic heterocycles. The number of hydrogen-bond acceptors (Lipinski definition) is 5. The molecule has 0 amide bonds. The molecule has 2 aromatic heterocycles. The largest absolute Gasteiger partial charge is 0.315 e. The van der Waals surface area contributed by atoms with E-state index in [1.807, 2.05) is 31.7 Å². The van der Waals surface area contributed by atoms with Crippen LogP contribution in [0.2, 0.25) is 0 Å². The molecule has 0 aliphatic carbocycles.